The lowest BCUT2D eigenvalue weighted by molar-refractivity contribution is -0.141. The fourth-order valence-electron chi connectivity index (χ4n) is 6.17. The van der Waals surface area contributed by atoms with Crippen molar-refractivity contribution in [3.8, 4) is 5.75 Å². The van der Waals surface area contributed by atoms with Crippen LogP contribution in [0.1, 0.15) is 50.5 Å². The Morgan fingerprint density at radius 3 is 2.50 bits per heavy atom. The summed E-state index contributed by atoms with van der Waals surface area (Å²) in [5, 5.41) is 0. The first-order chi connectivity index (χ1) is 19.1. The van der Waals surface area contributed by atoms with Gasteiger partial charge in [0.05, 0.1) is 25.7 Å². The molecule has 2 saturated heterocycles. The number of fused-ring (bicyclic) bond motifs is 1. The second-order valence-corrected chi connectivity index (χ2v) is 13.9. The quantitative estimate of drug-likeness (QED) is 0.546. The standard InChI is InChI=1S/C29H46N4O6S/c1-30(2)40(36,37)33-18-20-38-22-25(21-33)28(35)32-16-14-29(15-17-32)13-7-6-10-24-9-4-5-11-26(24)39-19-8-12-27(34)31(3)23-29/h4-5,9,11,25H,6-8,10,12-23H2,1-3H3. The van der Waals surface area contributed by atoms with Crippen molar-refractivity contribution in [1.82, 2.24) is 18.4 Å². The molecule has 4 rings (SSSR count). The summed E-state index contributed by atoms with van der Waals surface area (Å²) in [5.41, 5.74) is 1.18. The topological polar surface area (TPSA) is 99.7 Å². The van der Waals surface area contributed by atoms with E-state index in [-0.39, 0.29) is 43.5 Å². The van der Waals surface area contributed by atoms with Gasteiger partial charge in [0.25, 0.3) is 10.2 Å². The van der Waals surface area contributed by atoms with Gasteiger partial charge >= 0.3 is 0 Å². The van der Waals surface area contributed by atoms with Crippen LogP contribution in [0.4, 0.5) is 0 Å². The molecule has 1 unspecified atom stereocenters. The van der Waals surface area contributed by atoms with Crippen LogP contribution in [0.2, 0.25) is 0 Å². The number of hydrogen-bond acceptors (Lipinski definition) is 6. The minimum atomic E-state index is -3.63. The van der Waals surface area contributed by atoms with Crippen LogP contribution in [-0.4, -0.2) is 112 Å². The van der Waals surface area contributed by atoms with Crippen LogP contribution in [0.5, 0.6) is 5.75 Å². The van der Waals surface area contributed by atoms with E-state index in [1.807, 2.05) is 35.0 Å². The molecule has 40 heavy (non-hydrogen) atoms. The van der Waals surface area contributed by atoms with Gasteiger partial charge in [-0.1, -0.05) is 24.6 Å². The molecule has 0 N–H and O–H groups in total. The lowest BCUT2D eigenvalue weighted by Gasteiger charge is -2.45. The summed E-state index contributed by atoms with van der Waals surface area (Å²) in [7, 11) is 1.27. The zero-order valence-corrected chi connectivity index (χ0v) is 25.2. The summed E-state index contributed by atoms with van der Waals surface area (Å²) in [5.74, 6) is 0.477. The molecule has 10 nitrogen and oxygen atoms in total. The molecular weight excluding hydrogens is 532 g/mol. The zero-order chi connectivity index (χ0) is 28.8. The van der Waals surface area contributed by atoms with E-state index in [2.05, 4.69) is 6.07 Å². The summed E-state index contributed by atoms with van der Waals surface area (Å²) in [4.78, 5) is 30.3. The number of carbonyl (C=O) groups is 2. The number of likely N-dealkylation sites (tertiary alicyclic amines) is 1. The Labute approximate surface area is 239 Å². The summed E-state index contributed by atoms with van der Waals surface area (Å²) in [6.07, 6.45) is 6.81. The largest absolute Gasteiger partial charge is 0.493 e. The molecule has 0 bridgehead atoms. The molecule has 0 aliphatic carbocycles. The van der Waals surface area contributed by atoms with Crippen LogP contribution >= 0.6 is 0 Å². The Morgan fingerprint density at radius 2 is 1.75 bits per heavy atom. The fraction of sp³-hybridized carbons (Fsp3) is 0.724. The van der Waals surface area contributed by atoms with E-state index in [1.54, 1.807) is 0 Å². The molecule has 1 atom stereocenters. The highest BCUT2D eigenvalue weighted by atomic mass is 32.2. The van der Waals surface area contributed by atoms with Crippen molar-refractivity contribution in [3.63, 3.8) is 0 Å². The number of rotatable bonds is 3. The van der Waals surface area contributed by atoms with Gasteiger partial charge in [0.1, 0.15) is 5.75 Å². The van der Waals surface area contributed by atoms with E-state index in [4.69, 9.17) is 9.47 Å². The minimum Gasteiger partial charge on any atom is -0.493 e. The SMILES string of the molecule is CN1CC2(CCCCc3ccccc3OCCCC1=O)CCN(C(=O)C1COCCN(S(=O)(=O)N(C)C)C1)CC2. The molecule has 1 spiro atoms. The summed E-state index contributed by atoms with van der Waals surface area (Å²) in [6, 6.07) is 8.18. The molecule has 1 aromatic carbocycles. The van der Waals surface area contributed by atoms with Crippen LogP contribution in [0.25, 0.3) is 0 Å². The Hall–Kier alpha value is -2.21. The predicted octanol–water partition coefficient (Wildman–Crippen LogP) is 2.39. The molecule has 2 amide bonds. The van der Waals surface area contributed by atoms with Gasteiger partial charge in [0.15, 0.2) is 0 Å². The molecule has 3 aliphatic heterocycles. The monoisotopic (exact) mass is 578 g/mol. The van der Waals surface area contributed by atoms with Crippen molar-refractivity contribution in [2.24, 2.45) is 11.3 Å². The number of hydrogen-bond donors (Lipinski definition) is 0. The van der Waals surface area contributed by atoms with Crippen LogP contribution in [0, 0.1) is 11.3 Å². The first kappa shape index (κ1) is 30.7. The molecule has 1 aromatic rings. The normalized spacial score (nSPS) is 24.2. The number of amides is 2. The molecule has 2 fully saturated rings. The first-order valence-electron chi connectivity index (χ1n) is 14.6. The molecule has 0 aromatic heterocycles. The lowest BCUT2D eigenvalue weighted by atomic mass is 9.73. The molecular formula is C29H46N4O6S. The Balaban J connectivity index is 1.42. The van der Waals surface area contributed by atoms with Crippen molar-refractivity contribution >= 4 is 22.0 Å². The van der Waals surface area contributed by atoms with Gasteiger partial charge in [-0.2, -0.15) is 17.0 Å². The van der Waals surface area contributed by atoms with Gasteiger partial charge in [0, 0.05) is 60.3 Å². The average molecular weight is 579 g/mol. The minimum absolute atomic E-state index is 0.0401. The number of benzene rings is 1. The summed E-state index contributed by atoms with van der Waals surface area (Å²) >= 11 is 0. The number of ether oxygens (including phenoxy) is 2. The highest BCUT2D eigenvalue weighted by molar-refractivity contribution is 7.86. The van der Waals surface area contributed by atoms with Crippen molar-refractivity contribution in [2.75, 3.05) is 73.7 Å². The number of aryl methyl sites for hydroxylation is 1. The smallest absolute Gasteiger partial charge is 0.281 e. The van der Waals surface area contributed by atoms with Crippen LogP contribution in [0.15, 0.2) is 24.3 Å². The third kappa shape index (κ3) is 7.54. The van der Waals surface area contributed by atoms with Crippen molar-refractivity contribution in [3.05, 3.63) is 29.8 Å². The predicted molar refractivity (Wildman–Crippen MR) is 153 cm³/mol. The molecule has 0 radical (unpaired) electrons. The van der Waals surface area contributed by atoms with E-state index in [9.17, 15) is 18.0 Å². The van der Waals surface area contributed by atoms with Crippen molar-refractivity contribution in [1.29, 1.82) is 0 Å². The van der Waals surface area contributed by atoms with Gasteiger partial charge in [-0.15, -0.1) is 0 Å². The van der Waals surface area contributed by atoms with E-state index in [0.29, 0.717) is 39.1 Å². The number of carbonyl (C=O) groups excluding carboxylic acids is 2. The van der Waals surface area contributed by atoms with Gasteiger partial charge in [-0.25, -0.2) is 0 Å². The maximum Gasteiger partial charge on any atom is 0.281 e. The summed E-state index contributed by atoms with van der Waals surface area (Å²) in [6.45, 7) is 3.29. The lowest BCUT2D eigenvalue weighted by Crippen LogP contribution is -2.51. The van der Waals surface area contributed by atoms with E-state index < -0.39 is 16.1 Å². The second-order valence-electron chi connectivity index (χ2n) is 11.8. The third-order valence-corrected chi connectivity index (χ3v) is 10.6. The Bertz CT molecular complexity index is 1120. The third-order valence-electron chi connectivity index (χ3n) is 8.67. The van der Waals surface area contributed by atoms with E-state index in [1.165, 1.54) is 28.3 Å². The maximum atomic E-state index is 13.6. The average Bonchev–Trinajstić information content (AvgIpc) is 3.21. The first-order valence-corrected chi connectivity index (χ1v) is 16.0. The van der Waals surface area contributed by atoms with E-state index in [0.717, 1.165) is 44.3 Å². The molecule has 11 heteroatoms. The number of para-hydroxylation sites is 1. The van der Waals surface area contributed by atoms with Crippen LogP contribution in [0.3, 0.4) is 0 Å². The summed E-state index contributed by atoms with van der Waals surface area (Å²) < 4.78 is 39.7. The Kier molecular flexibility index (Phi) is 10.5. The molecule has 0 saturated carbocycles. The Morgan fingerprint density at radius 1 is 1.00 bits per heavy atom. The molecule has 224 valence electrons. The van der Waals surface area contributed by atoms with E-state index >= 15 is 0 Å². The van der Waals surface area contributed by atoms with Crippen molar-refractivity contribution < 1.29 is 27.5 Å². The zero-order valence-electron chi connectivity index (χ0n) is 24.3. The van der Waals surface area contributed by atoms with Gasteiger partial charge in [0.2, 0.25) is 11.8 Å². The van der Waals surface area contributed by atoms with Crippen LogP contribution in [-0.2, 0) is 31.0 Å². The van der Waals surface area contributed by atoms with Gasteiger partial charge in [-0.3, -0.25) is 9.59 Å². The number of piperidine rings is 1. The van der Waals surface area contributed by atoms with Gasteiger partial charge < -0.3 is 19.3 Å². The van der Waals surface area contributed by atoms with Gasteiger partial charge in [-0.05, 0) is 55.6 Å². The van der Waals surface area contributed by atoms with Crippen molar-refractivity contribution in [2.45, 2.75) is 51.4 Å². The molecule has 3 heterocycles. The molecule has 3 aliphatic rings. The number of nitrogens with zero attached hydrogens (tertiary/aromatic N) is 4. The fourth-order valence-corrected chi connectivity index (χ4v) is 7.31. The maximum absolute atomic E-state index is 13.6. The highest BCUT2D eigenvalue weighted by Gasteiger charge is 2.40. The van der Waals surface area contributed by atoms with Crippen LogP contribution < -0.4 is 4.74 Å². The highest BCUT2D eigenvalue weighted by Crippen LogP contribution is 2.38. The second kappa shape index (κ2) is 13.6.